The monoisotopic (exact) mass is 372 g/mol. The summed E-state index contributed by atoms with van der Waals surface area (Å²) in [5.74, 6) is 1.19. The van der Waals surface area contributed by atoms with E-state index in [1.54, 1.807) is 0 Å². The van der Waals surface area contributed by atoms with Crippen LogP contribution in [0.1, 0.15) is 38.3 Å². The molecule has 120 valence electrons. The van der Waals surface area contributed by atoms with E-state index in [9.17, 15) is 0 Å². The minimum absolute atomic E-state index is 0.421. The van der Waals surface area contributed by atoms with E-state index in [0.29, 0.717) is 12.1 Å². The van der Waals surface area contributed by atoms with Crippen molar-refractivity contribution in [3.63, 3.8) is 0 Å². The minimum Gasteiger partial charge on any atom is -0.310 e. The molecule has 0 saturated carbocycles. The Labute approximate surface area is 143 Å². The second-order valence-corrected chi connectivity index (χ2v) is 7.37. The minimum atomic E-state index is 0.421. The zero-order valence-electron chi connectivity index (χ0n) is 13.7. The fraction of sp³-hybridized carbons (Fsp3) is 0.647. The third kappa shape index (κ3) is 6.72. The first-order chi connectivity index (χ1) is 10.1. The normalized spacial score (nSPS) is 14.4. The average Bonchev–Trinajstić information content (AvgIpc) is 2.48. The smallest absolute Gasteiger partial charge is 0.0343 e. The van der Waals surface area contributed by atoms with Crippen molar-refractivity contribution in [2.45, 2.75) is 38.8 Å². The standard InChI is InChI=1S/C17H29BrN2S/c1-5-11-19-17(15-8-6-7-9-16(15)18)10-12-20(3)14(2)13-21-4/h6-9,14,17,19H,5,10-13H2,1-4H3. The number of nitrogens with zero attached hydrogens (tertiary/aromatic N) is 1. The molecule has 0 fully saturated rings. The Balaban J connectivity index is 2.64. The predicted molar refractivity (Wildman–Crippen MR) is 100 cm³/mol. The highest BCUT2D eigenvalue weighted by Crippen LogP contribution is 2.26. The van der Waals surface area contributed by atoms with Crippen LogP contribution in [0.3, 0.4) is 0 Å². The molecule has 2 unspecified atom stereocenters. The largest absolute Gasteiger partial charge is 0.310 e. The lowest BCUT2D eigenvalue weighted by atomic mass is 10.0. The first-order valence-electron chi connectivity index (χ1n) is 7.77. The van der Waals surface area contributed by atoms with Crippen molar-refractivity contribution in [2.75, 3.05) is 32.1 Å². The topological polar surface area (TPSA) is 15.3 Å². The van der Waals surface area contributed by atoms with Gasteiger partial charge in [0, 0.05) is 22.3 Å². The Morgan fingerprint density at radius 1 is 1.33 bits per heavy atom. The maximum absolute atomic E-state index is 3.69. The molecule has 0 aliphatic carbocycles. The molecule has 0 spiro atoms. The van der Waals surface area contributed by atoms with Gasteiger partial charge in [0.15, 0.2) is 0 Å². The number of halogens is 1. The van der Waals surface area contributed by atoms with Crippen molar-refractivity contribution in [1.82, 2.24) is 10.2 Å². The van der Waals surface area contributed by atoms with Crippen LogP contribution in [0.2, 0.25) is 0 Å². The van der Waals surface area contributed by atoms with Crippen molar-refractivity contribution in [3.8, 4) is 0 Å². The molecule has 0 heterocycles. The Morgan fingerprint density at radius 2 is 2.05 bits per heavy atom. The van der Waals surface area contributed by atoms with Gasteiger partial charge in [0.05, 0.1) is 0 Å². The maximum atomic E-state index is 3.69. The lowest BCUT2D eigenvalue weighted by Crippen LogP contribution is -2.34. The zero-order valence-corrected chi connectivity index (χ0v) is 16.1. The fourth-order valence-electron chi connectivity index (χ4n) is 2.37. The molecule has 0 aliphatic rings. The third-order valence-corrected chi connectivity index (χ3v) is 5.39. The van der Waals surface area contributed by atoms with Crippen LogP contribution in [-0.4, -0.2) is 43.1 Å². The lowest BCUT2D eigenvalue weighted by Gasteiger charge is -2.27. The molecular weight excluding hydrogens is 344 g/mol. The lowest BCUT2D eigenvalue weighted by molar-refractivity contribution is 0.260. The van der Waals surface area contributed by atoms with Gasteiger partial charge in [0.25, 0.3) is 0 Å². The fourth-order valence-corrected chi connectivity index (χ4v) is 3.66. The van der Waals surface area contributed by atoms with Crippen LogP contribution < -0.4 is 5.32 Å². The highest BCUT2D eigenvalue weighted by atomic mass is 79.9. The molecule has 1 aromatic rings. The van der Waals surface area contributed by atoms with E-state index in [0.717, 1.165) is 19.5 Å². The van der Waals surface area contributed by atoms with Gasteiger partial charge in [-0.2, -0.15) is 11.8 Å². The van der Waals surface area contributed by atoms with Crippen molar-refractivity contribution in [2.24, 2.45) is 0 Å². The molecule has 1 aromatic carbocycles. The van der Waals surface area contributed by atoms with Gasteiger partial charge in [0.1, 0.15) is 0 Å². The van der Waals surface area contributed by atoms with Crippen molar-refractivity contribution in [3.05, 3.63) is 34.3 Å². The summed E-state index contributed by atoms with van der Waals surface area (Å²) in [5.41, 5.74) is 1.37. The molecule has 0 aromatic heterocycles. The summed E-state index contributed by atoms with van der Waals surface area (Å²) in [4.78, 5) is 2.47. The number of nitrogens with one attached hydrogen (secondary N) is 1. The Bertz CT molecular complexity index is 400. The van der Waals surface area contributed by atoms with Crippen molar-refractivity contribution >= 4 is 27.7 Å². The SMILES string of the molecule is CCCNC(CCN(C)C(C)CSC)c1ccccc1Br. The van der Waals surface area contributed by atoms with E-state index in [1.807, 2.05) is 11.8 Å². The van der Waals surface area contributed by atoms with Gasteiger partial charge in [-0.15, -0.1) is 0 Å². The van der Waals surface area contributed by atoms with Crippen LogP contribution in [-0.2, 0) is 0 Å². The highest BCUT2D eigenvalue weighted by molar-refractivity contribution is 9.10. The van der Waals surface area contributed by atoms with Crippen molar-refractivity contribution < 1.29 is 0 Å². The molecule has 0 amide bonds. The van der Waals surface area contributed by atoms with Gasteiger partial charge >= 0.3 is 0 Å². The summed E-state index contributed by atoms with van der Waals surface area (Å²) < 4.78 is 1.21. The summed E-state index contributed by atoms with van der Waals surface area (Å²) in [6.45, 7) is 6.71. The number of hydrogen-bond acceptors (Lipinski definition) is 3. The molecule has 0 bridgehead atoms. The van der Waals surface area contributed by atoms with Gasteiger partial charge in [-0.25, -0.2) is 0 Å². The molecule has 1 rings (SSSR count). The summed E-state index contributed by atoms with van der Waals surface area (Å²) in [7, 11) is 2.23. The summed E-state index contributed by atoms with van der Waals surface area (Å²) in [5, 5.41) is 3.69. The predicted octanol–water partition coefficient (Wildman–Crippen LogP) is 4.56. The first-order valence-corrected chi connectivity index (χ1v) is 9.95. The van der Waals surface area contributed by atoms with E-state index >= 15 is 0 Å². The Kier molecular flexibility index (Phi) is 9.65. The van der Waals surface area contributed by atoms with Crippen LogP contribution in [0.25, 0.3) is 0 Å². The third-order valence-electron chi connectivity index (χ3n) is 3.85. The van der Waals surface area contributed by atoms with Gasteiger partial charge in [0.2, 0.25) is 0 Å². The second kappa shape index (κ2) is 10.7. The highest BCUT2D eigenvalue weighted by Gasteiger charge is 2.16. The molecular formula is C17H29BrN2S. The molecule has 0 saturated heterocycles. The molecule has 2 atom stereocenters. The van der Waals surface area contributed by atoms with Crippen molar-refractivity contribution in [1.29, 1.82) is 0 Å². The summed E-state index contributed by atoms with van der Waals surface area (Å²) >= 11 is 5.61. The van der Waals surface area contributed by atoms with Gasteiger partial charge in [-0.1, -0.05) is 41.1 Å². The van der Waals surface area contributed by atoms with E-state index in [-0.39, 0.29) is 0 Å². The van der Waals surface area contributed by atoms with Gasteiger partial charge in [-0.3, -0.25) is 0 Å². The maximum Gasteiger partial charge on any atom is 0.0343 e. The summed E-state index contributed by atoms with van der Waals surface area (Å²) in [6.07, 6.45) is 4.48. The number of benzene rings is 1. The quantitative estimate of drug-likeness (QED) is 0.647. The number of thioether (sulfide) groups is 1. The number of rotatable bonds is 10. The van der Waals surface area contributed by atoms with E-state index in [2.05, 4.69) is 77.6 Å². The molecule has 4 heteroatoms. The second-order valence-electron chi connectivity index (χ2n) is 5.60. The molecule has 0 radical (unpaired) electrons. The van der Waals surface area contributed by atoms with Crippen LogP contribution in [0.4, 0.5) is 0 Å². The first kappa shape index (κ1) is 19.0. The van der Waals surface area contributed by atoms with E-state index < -0.39 is 0 Å². The van der Waals surface area contributed by atoms with E-state index in [1.165, 1.54) is 22.2 Å². The van der Waals surface area contributed by atoms with Gasteiger partial charge < -0.3 is 10.2 Å². The summed E-state index contributed by atoms with van der Waals surface area (Å²) in [6, 6.07) is 9.62. The molecule has 21 heavy (non-hydrogen) atoms. The van der Waals surface area contributed by atoms with Crippen LogP contribution in [0.5, 0.6) is 0 Å². The van der Waals surface area contributed by atoms with E-state index in [4.69, 9.17) is 0 Å². The zero-order chi connectivity index (χ0) is 15.7. The Hall–Kier alpha value is -0.0300. The van der Waals surface area contributed by atoms with Crippen LogP contribution in [0.15, 0.2) is 28.7 Å². The Morgan fingerprint density at radius 3 is 2.67 bits per heavy atom. The molecule has 1 N–H and O–H groups in total. The van der Waals surface area contributed by atoms with Gasteiger partial charge in [-0.05, 0) is 57.8 Å². The molecule has 0 aliphatic heterocycles. The number of hydrogen-bond donors (Lipinski definition) is 1. The average molecular weight is 373 g/mol. The van der Waals surface area contributed by atoms with Crippen LogP contribution >= 0.6 is 27.7 Å². The molecule has 2 nitrogen and oxygen atoms in total. The van der Waals surface area contributed by atoms with Crippen LogP contribution in [0, 0.1) is 0 Å².